The maximum atomic E-state index is 15.1. The van der Waals surface area contributed by atoms with Gasteiger partial charge >= 0.3 is 0 Å². The van der Waals surface area contributed by atoms with Crippen LogP contribution in [-0.2, 0) is 9.53 Å². The molecule has 0 aromatic rings. The number of carbonyl (C=O) groups excluding carboxylic acids is 1. The lowest BCUT2D eigenvalue weighted by Gasteiger charge is -2.66. The minimum Gasteiger partial charge on any atom is -0.391 e. The Balaban J connectivity index is 1.29. The summed E-state index contributed by atoms with van der Waals surface area (Å²) in [6, 6.07) is 0. The summed E-state index contributed by atoms with van der Waals surface area (Å²) in [5.74, 6) is -0.910. The Morgan fingerprint density at radius 2 is 1.80 bits per heavy atom. The van der Waals surface area contributed by atoms with E-state index in [1.54, 1.807) is 13.8 Å². The Morgan fingerprint density at radius 3 is 2.47 bits per heavy atom. The molecule has 0 bridgehead atoms. The molecule has 5 aliphatic carbocycles. The number of nitrogens with zero attached hydrogens (tertiary/aromatic N) is 1. The van der Waals surface area contributed by atoms with E-state index in [9.17, 15) is 30.6 Å². The topological polar surface area (TPSA) is 203 Å². The highest BCUT2D eigenvalue weighted by Gasteiger charge is 2.76. The molecule has 2 heterocycles. The fraction of sp³-hybridized carbons (Fsp3) is 0.909. The number of ether oxygens (including phenoxy) is 1. The van der Waals surface area contributed by atoms with E-state index in [0.717, 1.165) is 38.6 Å². The Labute approximate surface area is 329 Å². The maximum Gasteiger partial charge on any atom is 0.180 e. The van der Waals surface area contributed by atoms with Gasteiger partial charge in [0.1, 0.15) is 12.3 Å². The lowest BCUT2D eigenvalue weighted by molar-refractivity contribution is -0.703. The van der Waals surface area contributed by atoms with Gasteiger partial charge in [0.05, 0.1) is 61.0 Å². The first-order chi connectivity index (χ1) is 25.9. The number of hydrogen-bond acceptors (Lipinski definition) is 10. The average molecular weight is 773 g/mol. The summed E-state index contributed by atoms with van der Waals surface area (Å²) in [5, 5.41) is 73.7. The highest BCUT2D eigenvalue weighted by molar-refractivity contribution is 6.42. The Kier molecular flexibility index (Phi) is 11.7. The molecular weight excluding hydrogens is 698 g/mol. The van der Waals surface area contributed by atoms with Crippen LogP contribution in [0.5, 0.6) is 0 Å². The van der Waals surface area contributed by atoms with Crippen molar-refractivity contribution in [1.82, 2.24) is 0 Å². The summed E-state index contributed by atoms with van der Waals surface area (Å²) in [7, 11) is 0. The molecule has 2 aliphatic heterocycles. The second kappa shape index (κ2) is 15.4. The molecule has 19 unspecified atom stereocenters. The van der Waals surface area contributed by atoms with Gasteiger partial charge < -0.3 is 40.7 Å². The summed E-state index contributed by atoms with van der Waals surface area (Å²) in [6.45, 7) is 13.5. The van der Waals surface area contributed by atoms with Crippen molar-refractivity contribution in [1.29, 1.82) is 0 Å². The number of aliphatic hydroxyl groups is 6. The standard InChI is InChI=1S/C44H73N3O8/c1-23(2)8-7-9-29-22-55-39(25(29)4)40(52)42(6,53)33-14-15-44(54)36-35-27(17-41(33,44)5)11-10-26(28-12-13-34(45)46-21-28)18-43(35)19-32(50)31(49)16-30(43)38(51)37(36)47-20-24(3)48/h10-11,23-36,39-40,46,48-50,52-54H,7-9,12-22,45H2,1-6H3/p+1. The van der Waals surface area contributed by atoms with Gasteiger partial charge in [-0.25, -0.2) is 0 Å². The van der Waals surface area contributed by atoms with Crippen molar-refractivity contribution < 1.29 is 45.5 Å². The van der Waals surface area contributed by atoms with E-state index in [2.05, 4.69) is 45.2 Å². The zero-order valence-corrected chi connectivity index (χ0v) is 34.4. The number of nitrogens with two attached hydrogens (primary N) is 2. The molecule has 6 fully saturated rings. The third kappa shape index (κ3) is 6.95. The number of hydrogen-bond donors (Lipinski definition) is 8. The monoisotopic (exact) mass is 773 g/mol. The molecule has 1 spiro atoms. The molecule has 0 aromatic heterocycles. The summed E-state index contributed by atoms with van der Waals surface area (Å²) >= 11 is 0. The molecule has 19 atom stereocenters. The number of aliphatic hydroxyl groups excluding tert-OH is 4. The molecule has 7 rings (SSSR count). The Hall–Kier alpha value is -1.28. The largest absolute Gasteiger partial charge is 0.391 e. The van der Waals surface area contributed by atoms with Gasteiger partial charge in [0.15, 0.2) is 5.78 Å². The highest BCUT2D eigenvalue weighted by atomic mass is 16.5. The number of fused-ring (bicyclic) bond motifs is 2. The summed E-state index contributed by atoms with van der Waals surface area (Å²) < 4.78 is 6.32. The van der Waals surface area contributed by atoms with Gasteiger partial charge in [0.2, 0.25) is 0 Å². The molecule has 0 radical (unpaired) electrons. The third-order valence-corrected chi connectivity index (χ3v) is 17.0. The van der Waals surface area contributed by atoms with Crippen molar-refractivity contribution in [3.8, 4) is 0 Å². The van der Waals surface area contributed by atoms with Crippen LogP contribution in [0, 0.1) is 70.0 Å². The van der Waals surface area contributed by atoms with E-state index in [1.807, 2.05) is 0 Å². The van der Waals surface area contributed by atoms with Crippen LogP contribution in [0.25, 0.3) is 0 Å². The minimum absolute atomic E-state index is 0.0123. The predicted molar refractivity (Wildman–Crippen MR) is 209 cm³/mol. The Bertz CT molecular complexity index is 1460. The summed E-state index contributed by atoms with van der Waals surface area (Å²) in [5.41, 5.74) is 1.90. The van der Waals surface area contributed by atoms with Crippen LogP contribution in [-0.4, -0.2) is 110 Å². The number of aliphatic imine (C=N–C) groups is 1. The van der Waals surface area contributed by atoms with E-state index in [1.165, 1.54) is 0 Å². The van der Waals surface area contributed by atoms with Crippen LogP contribution < -0.4 is 11.1 Å². The lowest BCUT2D eigenvalue weighted by atomic mass is 9.38. The van der Waals surface area contributed by atoms with Crippen molar-refractivity contribution in [2.45, 2.75) is 160 Å². The normalized spacial score (nSPS) is 49.9. The van der Waals surface area contributed by atoms with Crippen molar-refractivity contribution in [3.63, 3.8) is 0 Å². The van der Waals surface area contributed by atoms with E-state index < -0.39 is 70.3 Å². The van der Waals surface area contributed by atoms with E-state index in [-0.39, 0.29) is 60.7 Å². The molecule has 4 saturated carbocycles. The van der Waals surface area contributed by atoms with Crippen LogP contribution in [0.15, 0.2) is 17.1 Å². The molecule has 55 heavy (non-hydrogen) atoms. The van der Waals surface area contributed by atoms with Crippen LogP contribution in [0.2, 0.25) is 0 Å². The zero-order chi connectivity index (χ0) is 39.8. The van der Waals surface area contributed by atoms with Crippen LogP contribution in [0.4, 0.5) is 0 Å². The van der Waals surface area contributed by atoms with E-state index in [0.29, 0.717) is 50.0 Å². The van der Waals surface area contributed by atoms with Gasteiger partial charge in [-0.15, -0.1) is 0 Å². The quantitative estimate of drug-likeness (QED) is 0.154. The first-order valence-electron chi connectivity index (χ1n) is 22.0. The molecule has 11 nitrogen and oxygen atoms in total. The number of Topliss-reactive ketones (excluding diaryl/α,β-unsaturated/α-hetero) is 1. The van der Waals surface area contributed by atoms with Gasteiger partial charge in [-0.1, -0.05) is 52.7 Å². The van der Waals surface area contributed by atoms with Crippen molar-refractivity contribution >= 4 is 11.5 Å². The van der Waals surface area contributed by atoms with Crippen molar-refractivity contribution in [2.24, 2.45) is 80.7 Å². The second-order valence-electron chi connectivity index (χ2n) is 20.7. The average Bonchev–Trinajstić information content (AvgIpc) is 3.56. The molecule has 11 heteroatoms. The lowest BCUT2D eigenvalue weighted by Crippen LogP contribution is -2.95. The maximum absolute atomic E-state index is 15.1. The SMILES string of the molecule is CC(C)CCCC1COC(C(O)C(C)(O)C2CCC3(O)C4C(=NCC(C)O)C(=O)C5CC(O)C(O)CC56CC(C5CCC(N)[NH2+]C5)C=CC(CC23C)C46)C1C. The fourth-order valence-corrected chi connectivity index (χ4v) is 14.0. The van der Waals surface area contributed by atoms with Crippen LogP contribution in [0.3, 0.4) is 0 Å². The number of rotatable bonds is 10. The second-order valence-corrected chi connectivity index (χ2v) is 20.7. The first kappa shape index (κ1) is 41.9. The molecule has 0 amide bonds. The molecule has 10 N–H and O–H groups in total. The molecule has 7 aliphatic rings. The molecule has 2 saturated heterocycles. The van der Waals surface area contributed by atoms with Crippen LogP contribution in [0.1, 0.15) is 112 Å². The smallest absolute Gasteiger partial charge is 0.180 e. The zero-order valence-electron chi connectivity index (χ0n) is 34.4. The summed E-state index contributed by atoms with van der Waals surface area (Å²) in [6.07, 6.45) is 7.69. The molecule has 0 aromatic carbocycles. The number of piperidine rings is 1. The number of ketones is 1. The predicted octanol–water partition coefficient (Wildman–Crippen LogP) is 2.33. The molecule has 312 valence electrons. The first-order valence-corrected chi connectivity index (χ1v) is 22.0. The van der Waals surface area contributed by atoms with Gasteiger partial charge in [-0.05, 0) is 112 Å². The highest BCUT2D eigenvalue weighted by Crippen LogP contribution is 2.73. The fourth-order valence-electron chi connectivity index (χ4n) is 14.0. The summed E-state index contributed by atoms with van der Waals surface area (Å²) in [4.78, 5) is 20.0. The Morgan fingerprint density at radius 1 is 1.07 bits per heavy atom. The third-order valence-electron chi connectivity index (χ3n) is 17.0. The van der Waals surface area contributed by atoms with E-state index >= 15 is 4.79 Å². The number of carbonyl (C=O) groups is 1. The number of allylic oxidation sites excluding steroid dienone is 2. The molecular formula is C44H74N3O8+. The van der Waals surface area contributed by atoms with Crippen LogP contribution >= 0.6 is 0 Å². The minimum atomic E-state index is -1.60. The van der Waals surface area contributed by atoms with Gasteiger partial charge in [-0.3, -0.25) is 15.5 Å². The van der Waals surface area contributed by atoms with Gasteiger partial charge in [-0.2, -0.15) is 0 Å². The van der Waals surface area contributed by atoms with Gasteiger partial charge in [0.25, 0.3) is 0 Å². The number of quaternary nitrogens is 1. The van der Waals surface area contributed by atoms with Crippen molar-refractivity contribution in [3.05, 3.63) is 12.2 Å². The van der Waals surface area contributed by atoms with Gasteiger partial charge in [0, 0.05) is 29.6 Å². The van der Waals surface area contributed by atoms with E-state index in [4.69, 9.17) is 15.5 Å². The van der Waals surface area contributed by atoms with Crippen molar-refractivity contribution in [2.75, 3.05) is 19.7 Å².